The Morgan fingerprint density at radius 2 is 1.57 bits per heavy atom. The number of hydrogen-bond acceptors (Lipinski definition) is 4. The van der Waals surface area contributed by atoms with Crippen LogP contribution in [-0.2, 0) is 14.8 Å². The predicted molar refractivity (Wildman–Crippen MR) is 114 cm³/mol. The van der Waals surface area contributed by atoms with Crippen molar-refractivity contribution in [3.63, 3.8) is 0 Å². The Bertz CT molecular complexity index is 1150. The highest BCUT2D eigenvalue weighted by molar-refractivity contribution is 7.92. The van der Waals surface area contributed by atoms with Gasteiger partial charge in [-0.2, -0.15) is 0 Å². The summed E-state index contributed by atoms with van der Waals surface area (Å²) < 4.78 is 45.8. The number of carbonyl (C=O) groups is 1. The Labute approximate surface area is 182 Å². The summed E-state index contributed by atoms with van der Waals surface area (Å²) in [5, 5.41) is 2.90. The van der Waals surface area contributed by atoms with Crippen LogP contribution in [0.25, 0.3) is 0 Å². The maximum absolute atomic E-state index is 13.1. The second kappa shape index (κ2) is 9.34. The molecule has 3 aromatic rings. The second-order valence-corrected chi connectivity index (χ2v) is 8.58. The zero-order chi connectivity index (χ0) is 21.7. The molecule has 0 bridgehead atoms. The third kappa shape index (κ3) is 5.85. The molecule has 2 N–H and O–H groups in total. The van der Waals surface area contributed by atoms with Crippen LogP contribution in [0.1, 0.15) is 0 Å². The first-order valence-electron chi connectivity index (χ1n) is 8.49. The average molecular weight is 469 g/mol. The van der Waals surface area contributed by atoms with Gasteiger partial charge in [0.15, 0.2) is 6.61 Å². The molecular weight excluding hydrogens is 454 g/mol. The minimum atomic E-state index is -3.79. The fourth-order valence-corrected chi connectivity index (χ4v) is 3.73. The standard InChI is InChI=1S/C20H15Cl2FN2O4S/c21-13-1-3-14(4-2-13)25-30(27,28)17-8-6-16(7-9-17)29-12-20(26)24-15-5-10-19(23)18(22)11-15/h1-11,25H,12H2,(H,24,26). The topological polar surface area (TPSA) is 84.5 Å². The van der Waals surface area contributed by atoms with E-state index in [1.807, 2.05) is 0 Å². The molecule has 0 aliphatic heterocycles. The maximum Gasteiger partial charge on any atom is 0.262 e. The van der Waals surface area contributed by atoms with E-state index in [2.05, 4.69) is 10.0 Å². The van der Waals surface area contributed by atoms with E-state index in [1.165, 1.54) is 36.4 Å². The molecule has 0 heterocycles. The lowest BCUT2D eigenvalue weighted by molar-refractivity contribution is -0.118. The Morgan fingerprint density at radius 1 is 0.933 bits per heavy atom. The van der Waals surface area contributed by atoms with Gasteiger partial charge in [0.1, 0.15) is 11.6 Å². The molecule has 0 saturated carbocycles. The number of ether oxygens (including phenoxy) is 1. The van der Waals surface area contributed by atoms with Crippen LogP contribution < -0.4 is 14.8 Å². The summed E-state index contributed by atoms with van der Waals surface area (Å²) in [6, 6.07) is 15.6. The van der Waals surface area contributed by atoms with Crippen molar-refractivity contribution in [2.24, 2.45) is 0 Å². The maximum atomic E-state index is 13.1. The molecule has 0 saturated heterocycles. The number of rotatable bonds is 7. The van der Waals surface area contributed by atoms with Crippen LogP contribution in [0, 0.1) is 5.82 Å². The SMILES string of the molecule is O=C(COc1ccc(S(=O)(=O)Nc2ccc(Cl)cc2)cc1)Nc1ccc(F)c(Cl)c1. The first-order chi connectivity index (χ1) is 14.2. The second-order valence-electron chi connectivity index (χ2n) is 6.05. The van der Waals surface area contributed by atoms with E-state index in [4.69, 9.17) is 27.9 Å². The zero-order valence-electron chi connectivity index (χ0n) is 15.2. The molecule has 156 valence electrons. The number of amides is 1. The molecule has 3 aromatic carbocycles. The summed E-state index contributed by atoms with van der Waals surface area (Å²) in [6.45, 7) is -0.329. The highest BCUT2D eigenvalue weighted by Crippen LogP contribution is 2.21. The third-order valence-corrected chi connectivity index (χ3v) is 5.74. The molecule has 0 aromatic heterocycles. The fraction of sp³-hybridized carbons (Fsp3) is 0.0500. The Morgan fingerprint density at radius 3 is 2.20 bits per heavy atom. The van der Waals surface area contributed by atoms with E-state index in [0.29, 0.717) is 22.1 Å². The first kappa shape index (κ1) is 21.9. The van der Waals surface area contributed by atoms with Gasteiger partial charge in [0, 0.05) is 16.4 Å². The van der Waals surface area contributed by atoms with Gasteiger partial charge in [-0.25, -0.2) is 12.8 Å². The van der Waals surface area contributed by atoms with Gasteiger partial charge in [0.05, 0.1) is 9.92 Å². The summed E-state index contributed by atoms with van der Waals surface area (Å²) in [5.41, 5.74) is 0.696. The van der Waals surface area contributed by atoms with Crippen molar-refractivity contribution in [1.29, 1.82) is 0 Å². The van der Waals surface area contributed by atoms with Crippen molar-refractivity contribution in [2.45, 2.75) is 4.90 Å². The Balaban J connectivity index is 1.57. The van der Waals surface area contributed by atoms with E-state index < -0.39 is 21.7 Å². The van der Waals surface area contributed by atoms with E-state index >= 15 is 0 Å². The first-order valence-corrected chi connectivity index (χ1v) is 10.7. The summed E-state index contributed by atoms with van der Waals surface area (Å²) in [6.07, 6.45) is 0. The number of hydrogen-bond donors (Lipinski definition) is 2. The van der Waals surface area contributed by atoms with Gasteiger partial charge in [-0.15, -0.1) is 0 Å². The van der Waals surface area contributed by atoms with Crippen molar-refractivity contribution in [1.82, 2.24) is 0 Å². The number of nitrogens with one attached hydrogen (secondary N) is 2. The minimum absolute atomic E-state index is 0.0233. The van der Waals surface area contributed by atoms with E-state index in [-0.39, 0.29) is 16.5 Å². The lowest BCUT2D eigenvalue weighted by atomic mass is 10.3. The number of carbonyl (C=O) groups excluding carboxylic acids is 1. The number of benzene rings is 3. The van der Waals surface area contributed by atoms with Gasteiger partial charge in [0.2, 0.25) is 0 Å². The highest BCUT2D eigenvalue weighted by atomic mass is 35.5. The minimum Gasteiger partial charge on any atom is -0.484 e. The number of anilines is 2. The molecule has 0 radical (unpaired) electrons. The van der Waals surface area contributed by atoms with Gasteiger partial charge in [-0.1, -0.05) is 23.2 Å². The van der Waals surface area contributed by atoms with E-state index in [1.54, 1.807) is 24.3 Å². The number of halogens is 3. The summed E-state index contributed by atoms with van der Waals surface area (Å²) >= 11 is 11.4. The van der Waals surface area contributed by atoms with Crippen LogP contribution in [0.5, 0.6) is 5.75 Å². The Hall–Kier alpha value is -2.81. The molecule has 10 heteroatoms. The van der Waals surface area contributed by atoms with Crippen molar-refractivity contribution in [3.05, 3.63) is 82.6 Å². The highest BCUT2D eigenvalue weighted by Gasteiger charge is 2.14. The lowest BCUT2D eigenvalue weighted by Gasteiger charge is -2.10. The predicted octanol–water partition coefficient (Wildman–Crippen LogP) is 4.95. The van der Waals surface area contributed by atoms with Gasteiger partial charge in [0.25, 0.3) is 15.9 Å². The third-order valence-electron chi connectivity index (χ3n) is 3.80. The van der Waals surface area contributed by atoms with Crippen molar-refractivity contribution in [2.75, 3.05) is 16.6 Å². The molecule has 3 rings (SSSR count). The summed E-state index contributed by atoms with van der Waals surface area (Å²) in [7, 11) is -3.79. The Kier molecular flexibility index (Phi) is 6.81. The van der Waals surface area contributed by atoms with Gasteiger partial charge in [-0.3, -0.25) is 9.52 Å². The van der Waals surface area contributed by atoms with Crippen LogP contribution in [-0.4, -0.2) is 20.9 Å². The van der Waals surface area contributed by atoms with Crippen molar-refractivity contribution < 1.29 is 22.3 Å². The molecule has 0 fully saturated rings. The summed E-state index contributed by atoms with van der Waals surface area (Å²) in [4.78, 5) is 12.0. The molecule has 0 unspecified atom stereocenters. The molecule has 30 heavy (non-hydrogen) atoms. The zero-order valence-corrected chi connectivity index (χ0v) is 17.6. The lowest BCUT2D eigenvalue weighted by Crippen LogP contribution is -2.20. The van der Waals surface area contributed by atoms with Crippen molar-refractivity contribution >= 4 is 50.5 Å². The molecule has 1 amide bonds. The molecule has 0 atom stereocenters. The molecular formula is C20H15Cl2FN2O4S. The monoisotopic (exact) mass is 468 g/mol. The van der Waals surface area contributed by atoms with E-state index in [0.717, 1.165) is 6.07 Å². The smallest absolute Gasteiger partial charge is 0.262 e. The number of sulfonamides is 1. The van der Waals surface area contributed by atoms with E-state index in [9.17, 15) is 17.6 Å². The fourth-order valence-electron chi connectivity index (χ4n) is 2.37. The average Bonchev–Trinajstić information content (AvgIpc) is 2.71. The van der Waals surface area contributed by atoms with Crippen LogP contribution in [0.4, 0.5) is 15.8 Å². The van der Waals surface area contributed by atoms with Gasteiger partial charge < -0.3 is 10.1 Å². The molecule has 0 aliphatic carbocycles. The quantitative estimate of drug-likeness (QED) is 0.513. The summed E-state index contributed by atoms with van der Waals surface area (Å²) in [5.74, 6) is -0.780. The molecule has 0 spiro atoms. The van der Waals surface area contributed by atoms with Crippen LogP contribution in [0.15, 0.2) is 71.6 Å². The van der Waals surface area contributed by atoms with Crippen LogP contribution >= 0.6 is 23.2 Å². The molecule has 6 nitrogen and oxygen atoms in total. The van der Waals surface area contributed by atoms with Gasteiger partial charge >= 0.3 is 0 Å². The van der Waals surface area contributed by atoms with Gasteiger partial charge in [-0.05, 0) is 66.7 Å². The largest absolute Gasteiger partial charge is 0.484 e. The van der Waals surface area contributed by atoms with Crippen LogP contribution in [0.3, 0.4) is 0 Å². The van der Waals surface area contributed by atoms with Crippen LogP contribution in [0.2, 0.25) is 10.0 Å². The normalized spacial score (nSPS) is 11.0. The van der Waals surface area contributed by atoms with Crippen molar-refractivity contribution in [3.8, 4) is 5.75 Å². The molecule has 0 aliphatic rings.